The predicted molar refractivity (Wildman–Crippen MR) is 113 cm³/mol. The molecule has 0 aliphatic carbocycles. The number of benzene rings is 1. The predicted octanol–water partition coefficient (Wildman–Crippen LogP) is 3.79. The number of aromatic nitrogens is 2. The number of fused-ring (bicyclic) bond motifs is 1. The summed E-state index contributed by atoms with van der Waals surface area (Å²) in [5.41, 5.74) is 1.95. The minimum atomic E-state index is -0.534. The number of pyridine rings is 1. The van der Waals surface area contributed by atoms with Gasteiger partial charge in [-0.1, -0.05) is 19.9 Å². The Morgan fingerprint density at radius 1 is 1.13 bits per heavy atom. The maximum absolute atomic E-state index is 12.5. The maximum atomic E-state index is 12.5. The normalized spacial score (nSPS) is 11.0. The van der Waals surface area contributed by atoms with Crippen molar-refractivity contribution in [3.8, 4) is 11.5 Å². The van der Waals surface area contributed by atoms with E-state index < -0.39 is 5.97 Å². The molecule has 0 saturated heterocycles. The van der Waals surface area contributed by atoms with Crippen LogP contribution in [0.15, 0.2) is 47.4 Å². The number of aryl methyl sites for hydroxylation is 1. The molecule has 0 fully saturated rings. The van der Waals surface area contributed by atoms with E-state index in [1.165, 1.54) is 17.6 Å². The number of ether oxygens (including phenoxy) is 3. The third-order valence-electron chi connectivity index (χ3n) is 4.56. The van der Waals surface area contributed by atoms with Crippen LogP contribution in [0.25, 0.3) is 5.65 Å². The largest absolute Gasteiger partial charge is 0.493 e. The highest BCUT2D eigenvalue weighted by atomic mass is 16.5. The second kappa shape index (κ2) is 9.43. The minimum absolute atomic E-state index is 0.104. The summed E-state index contributed by atoms with van der Waals surface area (Å²) in [7, 11) is 1.52. The third kappa shape index (κ3) is 5.17. The molecule has 0 unspecified atom stereocenters. The Labute approximate surface area is 175 Å². The van der Waals surface area contributed by atoms with Gasteiger partial charge in [0.25, 0.3) is 5.56 Å². The van der Waals surface area contributed by atoms with Crippen LogP contribution in [0, 0.1) is 12.8 Å². The van der Waals surface area contributed by atoms with Crippen LogP contribution in [0.2, 0.25) is 0 Å². The molecule has 0 bridgehead atoms. The molecule has 3 aromatic rings. The average molecular weight is 410 g/mol. The summed E-state index contributed by atoms with van der Waals surface area (Å²) in [6, 6.07) is 9.89. The highest BCUT2D eigenvalue weighted by Crippen LogP contribution is 2.28. The quantitative estimate of drug-likeness (QED) is 0.526. The standard InChI is InChI=1S/C23H26N2O5/c1-15(2)9-10-29-19-7-6-17(11-20(19)28-4)23(27)30-14-18-12-22(26)25-13-16(3)5-8-21(25)24-18/h5-8,11-13,15H,9-10,14H2,1-4H3. The van der Waals surface area contributed by atoms with Gasteiger partial charge in [-0.15, -0.1) is 0 Å². The fraction of sp³-hybridized carbons (Fsp3) is 0.348. The lowest BCUT2D eigenvalue weighted by molar-refractivity contribution is 0.0467. The van der Waals surface area contributed by atoms with Crippen molar-refractivity contribution >= 4 is 11.6 Å². The fourth-order valence-corrected chi connectivity index (χ4v) is 2.87. The number of hydrogen-bond donors (Lipinski definition) is 0. The van der Waals surface area contributed by atoms with Gasteiger partial charge in [0.1, 0.15) is 12.3 Å². The van der Waals surface area contributed by atoms with E-state index in [2.05, 4.69) is 18.8 Å². The zero-order valence-electron chi connectivity index (χ0n) is 17.7. The molecule has 7 heteroatoms. The molecule has 2 aromatic heterocycles. The highest BCUT2D eigenvalue weighted by Gasteiger charge is 2.14. The van der Waals surface area contributed by atoms with Crippen molar-refractivity contribution < 1.29 is 19.0 Å². The number of rotatable bonds is 8. The summed E-state index contributed by atoms with van der Waals surface area (Å²) in [4.78, 5) is 29.1. The Hall–Kier alpha value is -3.35. The molecule has 3 rings (SSSR count). The lowest BCUT2D eigenvalue weighted by Gasteiger charge is -2.13. The van der Waals surface area contributed by atoms with Crippen molar-refractivity contribution in [2.45, 2.75) is 33.8 Å². The van der Waals surface area contributed by atoms with Crippen LogP contribution in [0.5, 0.6) is 11.5 Å². The van der Waals surface area contributed by atoms with Gasteiger partial charge >= 0.3 is 5.97 Å². The summed E-state index contributed by atoms with van der Waals surface area (Å²) in [5.74, 6) is 1.04. The van der Waals surface area contributed by atoms with Crippen molar-refractivity contribution in [3.63, 3.8) is 0 Å². The smallest absolute Gasteiger partial charge is 0.338 e. The Balaban J connectivity index is 1.69. The van der Waals surface area contributed by atoms with Crippen molar-refractivity contribution in [2.75, 3.05) is 13.7 Å². The molecular weight excluding hydrogens is 384 g/mol. The van der Waals surface area contributed by atoms with E-state index in [9.17, 15) is 9.59 Å². The van der Waals surface area contributed by atoms with Crippen LogP contribution in [0.4, 0.5) is 0 Å². The van der Waals surface area contributed by atoms with Crippen molar-refractivity contribution in [2.24, 2.45) is 5.92 Å². The summed E-state index contributed by atoms with van der Waals surface area (Å²) in [5, 5.41) is 0. The molecule has 158 valence electrons. The van der Waals surface area contributed by atoms with Crippen LogP contribution < -0.4 is 15.0 Å². The highest BCUT2D eigenvalue weighted by molar-refractivity contribution is 5.90. The first-order chi connectivity index (χ1) is 14.4. The molecule has 0 atom stereocenters. The second-order valence-corrected chi connectivity index (χ2v) is 7.49. The van der Waals surface area contributed by atoms with Gasteiger partial charge in [-0.25, -0.2) is 9.78 Å². The van der Waals surface area contributed by atoms with E-state index in [1.54, 1.807) is 30.5 Å². The number of carbonyl (C=O) groups excluding carboxylic acids is 1. The Morgan fingerprint density at radius 3 is 2.67 bits per heavy atom. The third-order valence-corrected chi connectivity index (χ3v) is 4.56. The van der Waals surface area contributed by atoms with Gasteiger partial charge in [-0.2, -0.15) is 0 Å². The average Bonchev–Trinajstić information content (AvgIpc) is 2.72. The van der Waals surface area contributed by atoms with E-state index in [1.807, 2.05) is 13.0 Å². The molecule has 0 saturated carbocycles. The first kappa shape index (κ1) is 21.4. The summed E-state index contributed by atoms with van der Waals surface area (Å²) in [6.45, 7) is 6.61. The van der Waals surface area contributed by atoms with Crippen LogP contribution >= 0.6 is 0 Å². The number of hydrogen-bond acceptors (Lipinski definition) is 6. The van der Waals surface area contributed by atoms with Gasteiger partial charge < -0.3 is 14.2 Å². The van der Waals surface area contributed by atoms with Gasteiger partial charge in [0.2, 0.25) is 0 Å². The lowest BCUT2D eigenvalue weighted by atomic mass is 10.1. The number of nitrogens with zero attached hydrogens (tertiary/aromatic N) is 2. The minimum Gasteiger partial charge on any atom is -0.493 e. The maximum Gasteiger partial charge on any atom is 0.338 e. The van der Waals surface area contributed by atoms with Gasteiger partial charge in [-0.05, 0) is 49.1 Å². The van der Waals surface area contributed by atoms with Crippen molar-refractivity contribution in [3.05, 3.63) is 69.8 Å². The Kier molecular flexibility index (Phi) is 6.72. The summed E-state index contributed by atoms with van der Waals surface area (Å²) < 4.78 is 17.9. The zero-order valence-corrected chi connectivity index (χ0v) is 17.7. The first-order valence-electron chi connectivity index (χ1n) is 9.84. The van der Waals surface area contributed by atoms with Crippen LogP contribution in [0.1, 0.15) is 41.9 Å². The van der Waals surface area contributed by atoms with Crippen molar-refractivity contribution in [1.82, 2.24) is 9.38 Å². The molecule has 2 heterocycles. The Morgan fingerprint density at radius 2 is 1.93 bits per heavy atom. The Bertz CT molecular complexity index is 1100. The number of carbonyl (C=O) groups is 1. The molecular formula is C23H26N2O5. The van der Waals surface area contributed by atoms with E-state index in [0.717, 1.165) is 12.0 Å². The first-order valence-corrected chi connectivity index (χ1v) is 9.84. The van der Waals surface area contributed by atoms with Crippen LogP contribution in [0.3, 0.4) is 0 Å². The van der Waals surface area contributed by atoms with E-state index >= 15 is 0 Å². The molecule has 0 radical (unpaired) electrons. The van der Waals surface area contributed by atoms with Gasteiger partial charge in [0.05, 0.1) is 25.0 Å². The molecule has 0 aliphatic heterocycles. The monoisotopic (exact) mass is 410 g/mol. The molecule has 0 spiro atoms. The summed E-state index contributed by atoms with van der Waals surface area (Å²) in [6.07, 6.45) is 2.64. The van der Waals surface area contributed by atoms with Crippen LogP contribution in [-0.4, -0.2) is 29.1 Å². The van der Waals surface area contributed by atoms with E-state index in [-0.39, 0.29) is 12.2 Å². The van der Waals surface area contributed by atoms with Crippen molar-refractivity contribution in [1.29, 1.82) is 0 Å². The van der Waals surface area contributed by atoms with Gasteiger partial charge in [-0.3, -0.25) is 9.20 Å². The number of methoxy groups -OCH3 is 1. The molecule has 0 aliphatic rings. The summed E-state index contributed by atoms with van der Waals surface area (Å²) >= 11 is 0. The molecule has 1 aromatic carbocycles. The zero-order chi connectivity index (χ0) is 21.7. The lowest BCUT2D eigenvalue weighted by Crippen LogP contribution is -2.17. The van der Waals surface area contributed by atoms with Gasteiger partial charge in [0, 0.05) is 12.3 Å². The van der Waals surface area contributed by atoms with Crippen LogP contribution in [-0.2, 0) is 11.3 Å². The van der Waals surface area contributed by atoms with E-state index in [0.29, 0.717) is 40.9 Å². The molecule has 7 nitrogen and oxygen atoms in total. The SMILES string of the molecule is COc1cc(C(=O)OCc2cc(=O)n3cc(C)ccc3n2)ccc1OCCC(C)C. The number of esters is 1. The topological polar surface area (TPSA) is 79.1 Å². The molecule has 30 heavy (non-hydrogen) atoms. The fourth-order valence-electron chi connectivity index (χ4n) is 2.87. The second-order valence-electron chi connectivity index (χ2n) is 7.49. The van der Waals surface area contributed by atoms with Gasteiger partial charge in [0.15, 0.2) is 11.5 Å². The molecule has 0 N–H and O–H groups in total. The van der Waals surface area contributed by atoms with E-state index in [4.69, 9.17) is 14.2 Å². The molecule has 0 amide bonds.